The molecule has 0 aromatic heterocycles. The fourth-order valence-electron chi connectivity index (χ4n) is 3.33. The molecule has 1 fully saturated rings. The van der Waals surface area contributed by atoms with Crippen LogP contribution in [0.5, 0.6) is 0 Å². The molecule has 0 aliphatic carbocycles. The zero-order valence-electron chi connectivity index (χ0n) is 13.9. The van der Waals surface area contributed by atoms with E-state index in [1.165, 1.54) is 0 Å². The lowest BCUT2D eigenvalue weighted by atomic mass is 10.1. The maximum atomic E-state index is 13.0. The number of nitrogens with zero attached hydrogens (tertiary/aromatic N) is 3. The van der Waals surface area contributed by atoms with Crippen LogP contribution in [0.1, 0.15) is 6.92 Å². The number of carbonyl (C=O) groups is 2. The second-order valence-corrected chi connectivity index (χ2v) is 6.27. The number of amides is 2. The van der Waals surface area contributed by atoms with Crippen molar-refractivity contribution in [3.05, 3.63) is 24.3 Å². The van der Waals surface area contributed by atoms with Crippen molar-refractivity contribution < 1.29 is 14.7 Å². The van der Waals surface area contributed by atoms with Crippen molar-refractivity contribution in [2.45, 2.75) is 13.0 Å². The number of fused-ring (bicyclic) bond motifs is 1. The molecular formula is C17H24N4O3. The Balaban J connectivity index is 1.69. The molecule has 1 aromatic carbocycles. The van der Waals surface area contributed by atoms with Crippen molar-refractivity contribution in [3.63, 3.8) is 0 Å². The zero-order valence-corrected chi connectivity index (χ0v) is 13.9. The third kappa shape index (κ3) is 3.43. The second kappa shape index (κ2) is 7.29. The first-order valence-corrected chi connectivity index (χ1v) is 8.37. The van der Waals surface area contributed by atoms with E-state index in [0.717, 1.165) is 31.9 Å². The van der Waals surface area contributed by atoms with Gasteiger partial charge in [0.05, 0.1) is 24.0 Å². The summed E-state index contributed by atoms with van der Waals surface area (Å²) in [5.41, 5.74) is 1.44. The number of β-amino-alcohol motifs (C(OH)–C–C–N with tert-alkyl or cyclic N) is 1. The Labute approximate surface area is 141 Å². The highest BCUT2D eigenvalue weighted by atomic mass is 16.3. The summed E-state index contributed by atoms with van der Waals surface area (Å²) < 4.78 is 0. The summed E-state index contributed by atoms with van der Waals surface area (Å²) in [5.74, 6) is -0.213. The summed E-state index contributed by atoms with van der Waals surface area (Å²) in [4.78, 5) is 30.8. The predicted octanol–water partition coefficient (Wildman–Crippen LogP) is -0.0299. The molecule has 2 amide bonds. The summed E-state index contributed by atoms with van der Waals surface area (Å²) >= 11 is 0. The number of benzene rings is 1. The molecule has 7 heteroatoms. The number of aliphatic hydroxyl groups excluding tert-OH is 1. The van der Waals surface area contributed by atoms with Crippen LogP contribution in [0.15, 0.2) is 24.3 Å². The Kier molecular flexibility index (Phi) is 5.13. The highest BCUT2D eigenvalue weighted by molar-refractivity contribution is 6.11. The molecular weight excluding hydrogens is 308 g/mol. The molecule has 0 bridgehead atoms. The average Bonchev–Trinajstić information content (AvgIpc) is 2.60. The topological polar surface area (TPSA) is 76.1 Å². The fraction of sp³-hybridized carbons (Fsp3) is 0.529. The van der Waals surface area contributed by atoms with Gasteiger partial charge in [0, 0.05) is 32.7 Å². The van der Waals surface area contributed by atoms with Gasteiger partial charge in [-0.15, -0.1) is 0 Å². The Morgan fingerprint density at radius 2 is 1.96 bits per heavy atom. The lowest BCUT2D eigenvalue weighted by Crippen LogP contribution is -2.56. The molecule has 2 heterocycles. The van der Waals surface area contributed by atoms with E-state index in [9.17, 15) is 9.59 Å². The SMILES string of the molecule is CC(C(=O)N1CC(=O)Nc2ccccc21)N1CCN(CCO)CC1. The molecule has 7 nitrogen and oxygen atoms in total. The molecule has 2 aliphatic rings. The van der Waals surface area contributed by atoms with Crippen LogP contribution in [0.3, 0.4) is 0 Å². The number of hydrogen-bond donors (Lipinski definition) is 2. The molecule has 2 N–H and O–H groups in total. The van der Waals surface area contributed by atoms with Crippen molar-refractivity contribution >= 4 is 23.2 Å². The molecule has 3 rings (SSSR count). The maximum Gasteiger partial charge on any atom is 0.244 e. The van der Waals surface area contributed by atoms with Crippen LogP contribution < -0.4 is 10.2 Å². The molecule has 0 radical (unpaired) electrons. The van der Waals surface area contributed by atoms with Crippen LogP contribution in [-0.4, -0.2) is 78.6 Å². The molecule has 24 heavy (non-hydrogen) atoms. The number of anilines is 2. The molecule has 2 aliphatic heterocycles. The third-order valence-electron chi connectivity index (χ3n) is 4.76. The molecule has 1 unspecified atom stereocenters. The van der Waals surface area contributed by atoms with Crippen molar-refractivity contribution in [1.82, 2.24) is 9.80 Å². The van der Waals surface area contributed by atoms with Crippen molar-refractivity contribution in [2.24, 2.45) is 0 Å². The van der Waals surface area contributed by atoms with E-state index >= 15 is 0 Å². The number of nitrogens with one attached hydrogen (secondary N) is 1. The monoisotopic (exact) mass is 332 g/mol. The quantitative estimate of drug-likeness (QED) is 0.810. The van der Waals surface area contributed by atoms with E-state index in [1.807, 2.05) is 31.2 Å². The predicted molar refractivity (Wildman–Crippen MR) is 92.0 cm³/mol. The maximum absolute atomic E-state index is 13.0. The largest absolute Gasteiger partial charge is 0.395 e. The average molecular weight is 332 g/mol. The van der Waals surface area contributed by atoms with Gasteiger partial charge in [0.1, 0.15) is 6.54 Å². The first kappa shape index (κ1) is 16.9. The number of piperazine rings is 1. The Morgan fingerprint density at radius 1 is 1.25 bits per heavy atom. The smallest absolute Gasteiger partial charge is 0.244 e. The van der Waals surface area contributed by atoms with Crippen molar-refractivity contribution in [1.29, 1.82) is 0 Å². The van der Waals surface area contributed by atoms with Gasteiger partial charge in [-0.1, -0.05) is 12.1 Å². The number of carbonyl (C=O) groups excluding carboxylic acids is 2. The minimum Gasteiger partial charge on any atom is -0.395 e. The van der Waals surface area contributed by atoms with Gasteiger partial charge < -0.3 is 10.4 Å². The highest BCUT2D eigenvalue weighted by Crippen LogP contribution is 2.29. The van der Waals surface area contributed by atoms with Crippen LogP contribution in [0.4, 0.5) is 11.4 Å². The second-order valence-electron chi connectivity index (χ2n) is 6.27. The minimum absolute atomic E-state index is 0.0482. The van der Waals surface area contributed by atoms with E-state index in [2.05, 4.69) is 15.1 Å². The van der Waals surface area contributed by atoms with Crippen molar-refractivity contribution in [3.8, 4) is 0 Å². The highest BCUT2D eigenvalue weighted by Gasteiger charge is 2.33. The fourth-order valence-corrected chi connectivity index (χ4v) is 3.33. The van der Waals surface area contributed by atoms with Gasteiger partial charge in [0.2, 0.25) is 11.8 Å². The Bertz CT molecular complexity index is 614. The number of para-hydroxylation sites is 2. The van der Waals surface area contributed by atoms with E-state index in [0.29, 0.717) is 12.2 Å². The Morgan fingerprint density at radius 3 is 2.67 bits per heavy atom. The number of hydrogen-bond acceptors (Lipinski definition) is 5. The minimum atomic E-state index is -0.278. The lowest BCUT2D eigenvalue weighted by molar-refractivity contribution is -0.126. The van der Waals surface area contributed by atoms with Crippen LogP contribution in [0.25, 0.3) is 0 Å². The molecule has 0 spiro atoms. The zero-order chi connectivity index (χ0) is 17.1. The van der Waals surface area contributed by atoms with Gasteiger partial charge in [-0.25, -0.2) is 0 Å². The summed E-state index contributed by atoms with van der Waals surface area (Å²) in [6.07, 6.45) is 0. The molecule has 0 saturated carbocycles. The summed E-state index contributed by atoms with van der Waals surface area (Å²) in [5, 5.41) is 11.8. The number of aliphatic hydroxyl groups is 1. The van der Waals surface area contributed by atoms with Gasteiger partial charge in [-0.05, 0) is 19.1 Å². The van der Waals surface area contributed by atoms with Gasteiger partial charge in [0.25, 0.3) is 0 Å². The van der Waals surface area contributed by atoms with Gasteiger partial charge in [-0.2, -0.15) is 0 Å². The first-order chi connectivity index (χ1) is 11.6. The van der Waals surface area contributed by atoms with E-state index in [1.54, 1.807) is 4.90 Å². The van der Waals surface area contributed by atoms with Crippen LogP contribution >= 0.6 is 0 Å². The molecule has 1 saturated heterocycles. The van der Waals surface area contributed by atoms with Crippen LogP contribution in [0.2, 0.25) is 0 Å². The van der Waals surface area contributed by atoms with Crippen LogP contribution in [0, 0.1) is 0 Å². The van der Waals surface area contributed by atoms with E-state index in [4.69, 9.17) is 5.11 Å². The normalized spacial score (nSPS) is 20.4. The standard InChI is InChI=1S/C17H24N4O3/c1-13(20-8-6-19(7-9-20)10-11-22)17(24)21-12-16(23)18-14-4-2-3-5-15(14)21/h2-5,13,22H,6-12H2,1H3,(H,18,23). The molecule has 130 valence electrons. The van der Waals surface area contributed by atoms with Gasteiger partial charge in [-0.3, -0.25) is 24.3 Å². The van der Waals surface area contributed by atoms with E-state index < -0.39 is 0 Å². The van der Waals surface area contributed by atoms with E-state index in [-0.39, 0.29) is 31.0 Å². The Hall–Kier alpha value is -1.96. The lowest BCUT2D eigenvalue weighted by Gasteiger charge is -2.39. The van der Waals surface area contributed by atoms with Crippen molar-refractivity contribution in [2.75, 3.05) is 56.1 Å². The summed E-state index contributed by atoms with van der Waals surface area (Å²) in [6, 6.07) is 7.11. The summed E-state index contributed by atoms with van der Waals surface area (Å²) in [7, 11) is 0. The molecule has 1 aromatic rings. The first-order valence-electron chi connectivity index (χ1n) is 8.37. The van der Waals surface area contributed by atoms with Crippen LogP contribution in [-0.2, 0) is 9.59 Å². The number of rotatable bonds is 4. The third-order valence-corrected chi connectivity index (χ3v) is 4.76. The summed E-state index contributed by atoms with van der Waals surface area (Å²) in [6.45, 7) is 6.06. The van der Waals surface area contributed by atoms with Gasteiger partial charge in [0.15, 0.2) is 0 Å². The van der Waals surface area contributed by atoms with Gasteiger partial charge >= 0.3 is 0 Å². The molecule has 1 atom stereocenters.